The smallest absolute Gasteiger partial charge is 0.335 e. The van der Waals surface area contributed by atoms with Crippen LogP contribution in [0.1, 0.15) is 65.5 Å². The number of likely N-dealkylation sites (tertiary alicyclic amines) is 1. The van der Waals surface area contributed by atoms with Crippen LogP contribution in [0.25, 0.3) is 11.0 Å². The van der Waals surface area contributed by atoms with E-state index in [1.54, 1.807) is 36.5 Å². The summed E-state index contributed by atoms with van der Waals surface area (Å²) in [6.07, 6.45) is 2.81. The highest BCUT2D eigenvalue weighted by molar-refractivity contribution is 6.30. The molecule has 2 aliphatic rings. The van der Waals surface area contributed by atoms with E-state index in [0.29, 0.717) is 46.9 Å². The summed E-state index contributed by atoms with van der Waals surface area (Å²) in [5, 5.41) is 20.3. The molecule has 0 amide bonds. The third-order valence-electron chi connectivity index (χ3n) is 8.22. The molecule has 0 bridgehead atoms. The van der Waals surface area contributed by atoms with Crippen LogP contribution in [-0.4, -0.2) is 56.0 Å². The predicted molar refractivity (Wildman–Crippen MR) is 160 cm³/mol. The summed E-state index contributed by atoms with van der Waals surface area (Å²) < 4.78 is 23.0. The Kier molecular flexibility index (Phi) is 7.98. The number of ether oxygens (including phenoxy) is 1. The molecule has 10 heteroatoms. The van der Waals surface area contributed by atoms with Gasteiger partial charge >= 0.3 is 5.97 Å². The van der Waals surface area contributed by atoms with Crippen molar-refractivity contribution in [3.8, 4) is 5.75 Å². The second-order valence-electron chi connectivity index (χ2n) is 10.9. The lowest BCUT2D eigenvalue weighted by Crippen LogP contribution is -2.34. The van der Waals surface area contributed by atoms with Crippen LogP contribution in [0.3, 0.4) is 0 Å². The first-order valence-electron chi connectivity index (χ1n) is 14.2. The molecule has 3 aromatic carbocycles. The first kappa shape index (κ1) is 28.3. The molecule has 6 rings (SSSR count). The van der Waals surface area contributed by atoms with E-state index in [2.05, 4.69) is 16.0 Å². The van der Waals surface area contributed by atoms with Gasteiger partial charge in [-0.1, -0.05) is 36.7 Å². The van der Waals surface area contributed by atoms with E-state index in [1.165, 1.54) is 6.07 Å². The number of carbonyl (C=O) groups is 1. The first-order valence-corrected chi connectivity index (χ1v) is 14.6. The number of piperidine rings is 1. The van der Waals surface area contributed by atoms with Crippen LogP contribution in [0.5, 0.6) is 5.75 Å². The number of hydrogen-bond acceptors (Lipinski definition) is 6. The Labute approximate surface area is 248 Å². The molecule has 2 N–H and O–H groups in total. The lowest BCUT2D eigenvalue weighted by Gasteiger charge is -2.34. The Morgan fingerprint density at radius 3 is 2.69 bits per heavy atom. The van der Waals surface area contributed by atoms with Crippen molar-refractivity contribution >= 4 is 40.5 Å². The molecule has 218 valence electrons. The number of aliphatic hydroxyl groups is 1. The molecule has 42 heavy (non-hydrogen) atoms. The van der Waals surface area contributed by atoms with E-state index < -0.39 is 24.0 Å². The van der Waals surface area contributed by atoms with Crippen molar-refractivity contribution in [3.05, 3.63) is 88.0 Å². The van der Waals surface area contributed by atoms with Gasteiger partial charge in [-0.3, -0.25) is 9.89 Å². The predicted octanol–water partition coefficient (Wildman–Crippen LogP) is 6.51. The maximum atomic E-state index is 14.7. The van der Waals surface area contributed by atoms with Crippen LogP contribution < -0.4 is 4.74 Å². The molecule has 4 aromatic rings. The number of aromatic nitrogens is 2. The summed E-state index contributed by atoms with van der Waals surface area (Å²) in [4.78, 5) is 23.3. The number of imidazole rings is 1. The monoisotopic (exact) mass is 590 g/mol. The minimum Gasteiger partial charge on any atom is -0.478 e. The van der Waals surface area contributed by atoms with Crippen molar-refractivity contribution in [2.75, 3.05) is 13.1 Å². The second kappa shape index (κ2) is 11.8. The summed E-state index contributed by atoms with van der Waals surface area (Å²) in [7, 11) is 0. The molecule has 3 heterocycles. The lowest BCUT2D eigenvalue weighted by molar-refractivity contribution is 0.0697. The van der Waals surface area contributed by atoms with Gasteiger partial charge in [-0.2, -0.15) is 0 Å². The Balaban J connectivity index is 1.19. The highest BCUT2D eigenvalue weighted by atomic mass is 35.5. The second-order valence-corrected chi connectivity index (χ2v) is 11.4. The van der Waals surface area contributed by atoms with Gasteiger partial charge in [-0.25, -0.2) is 14.2 Å². The zero-order valence-corrected chi connectivity index (χ0v) is 24.0. The van der Waals surface area contributed by atoms with Gasteiger partial charge in [0.25, 0.3) is 0 Å². The molecule has 1 unspecified atom stereocenters. The van der Waals surface area contributed by atoms with Gasteiger partial charge in [0.15, 0.2) is 6.10 Å². The maximum Gasteiger partial charge on any atom is 0.335 e. The van der Waals surface area contributed by atoms with Gasteiger partial charge in [0.2, 0.25) is 0 Å². The third kappa shape index (κ3) is 5.64. The zero-order chi connectivity index (χ0) is 29.4. The van der Waals surface area contributed by atoms with Gasteiger partial charge in [-0.05, 0) is 80.2 Å². The number of carboxylic acids is 1. The molecular weight excluding hydrogens is 559 g/mol. The highest BCUT2D eigenvalue weighted by Crippen LogP contribution is 2.44. The molecule has 1 fully saturated rings. The number of carboxylic acid groups (broad SMARTS) is 1. The number of aliphatic hydroxyl groups excluding tert-OH is 1. The van der Waals surface area contributed by atoms with Crippen LogP contribution in [-0.2, 0) is 13.1 Å². The first-order chi connectivity index (χ1) is 20.3. The van der Waals surface area contributed by atoms with Gasteiger partial charge in [-0.15, -0.1) is 0 Å². The molecule has 0 saturated carbocycles. The van der Waals surface area contributed by atoms with Crippen LogP contribution in [0, 0.1) is 5.82 Å². The van der Waals surface area contributed by atoms with Crippen LogP contribution in [0.4, 0.5) is 10.1 Å². The summed E-state index contributed by atoms with van der Waals surface area (Å²) in [5.41, 5.74) is 3.83. The third-order valence-corrected chi connectivity index (χ3v) is 8.45. The van der Waals surface area contributed by atoms with E-state index >= 15 is 0 Å². The minimum absolute atomic E-state index is 0.195. The average molecular weight is 591 g/mol. The number of fused-ring (bicyclic) bond motifs is 2. The van der Waals surface area contributed by atoms with Crippen molar-refractivity contribution in [1.29, 1.82) is 0 Å². The molecule has 8 nitrogen and oxygen atoms in total. The van der Waals surface area contributed by atoms with E-state index in [9.17, 15) is 19.4 Å². The van der Waals surface area contributed by atoms with Crippen molar-refractivity contribution in [2.45, 2.75) is 57.4 Å². The fourth-order valence-corrected chi connectivity index (χ4v) is 6.01. The number of aliphatic imine (C=N–C) groups is 1. The summed E-state index contributed by atoms with van der Waals surface area (Å²) in [5.74, 6) is 0.332. The Hall–Kier alpha value is -3.79. The number of halogens is 2. The van der Waals surface area contributed by atoms with Gasteiger partial charge < -0.3 is 19.5 Å². The largest absolute Gasteiger partial charge is 0.478 e. The van der Waals surface area contributed by atoms with Crippen molar-refractivity contribution in [1.82, 2.24) is 14.5 Å². The maximum absolute atomic E-state index is 14.7. The molecular formula is C32H32ClFN4O4. The fourth-order valence-electron chi connectivity index (χ4n) is 5.85. The quantitative estimate of drug-likeness (QED) is 0.242. The van der Waals surface area contributed by atoms with E-state index in [0.717, 1.165) is 43.0 Å². The number of rotatable bonds is 8. The minimum atomic E-state index is -0.994. The average Bonchev–Trinajstić information content (AvgIpc) is 3.32. The molecule has 2 atom stereocenters. The zero-order valence-electron chi connectivity index (χ0n) is 23.2. The molecule has 1 aromatic heterocycles. The number of benzene rings is 3. The van der Waals surface area contributed by atoms with Crippen LogP contribution in [0.15, 0.2) is 59.6 Å². The number of aromatic carboxylic acids is 1. The standard InChI is InChI=1S/C32H32ClFN4O4/c1-2-22(39)17-38-28-14-20(32(40)41)6-9-26(28)36-30(38)18-37-12-10-19(11-13-37)23-4-3-5-27-31(23)42-29(16-35-27)24-8-7-21(33)15-25(24)34/h3-9,14-16,19,22,29,39H,2,10-13,17-18H2,1H3,(H,40,41)/t22?,29-/m1/s1. The SMILES string of the molecule is CCC(O)Cn1c(CN2CCC(c3cccc4c3O[C@@H](c3ccc(Cl)cc3F)C=N4)CC2)nc2ccc(C(=O)O)cc21. The number of nitrogens with zero attached hydrogens (tertiary/aromatic N) is 4. The lowest BCUT2D eigenvalue weighted by atomic mass is 9.88. The molecule has 0 spiro atoms. The van der Waals surface area contributed by atoms with Crippen molar-refractivity contribution in [2.24, 2.45) is 4.99 Å². The van der Waals surface area contributed by atoms with Gasteiger partial charge in [0.1, 0.15) is 23.1 Å². The normalized spacial score (nSPS) is 18.1. The van der Waals surface area contributed by atoms with Gasteiger partial charge in [0, 0.05) is 10.6 Å². The van der Waals surface area contributed by atoms with Crippen LogP contribution >= 0.6 is 11.6 Å². The van der Waals surface area contributed by atoms with E-state index in [-0.39, 0.29) is 11.5 Å². The molecule has 2 aliphatic heterocycles. The van der Waals surface area contributed by atoms with Crippen molar-refractivity contribution in [3.63, 3.8) is 0 Å². The Morgan fingerprint density at radius 1 is 1.14 bits per heavy atom. The topological polar surface area (TPSA) is 100 Å². The van der Waals surface area contributed by atoms with E-state index in [4.69, 9.17) is 21.3 Å². The van der Waals surface area contributed by atoms with Gasteiger partial charge in [0.05, 0.1) is 42.0 Å². The molecule has 0 radical (unpaired) electrons. The Bertz CT molecular complexity index is 1660. The highest BCUT2D eigenvalue weighted by Gasteiger charge is 2.29. The summed E-state index contributed by atoms with van der Waals surface area (Å²) >= 11 is 5.95. The summed E-state index contributed by atoms with van der Waals surface area (Å²) in [6.45, 7) is 4.51. The molecule has 1 saturated heterocycles. The fraction of sp³-hybridized carbons (Fsp3) is 0.344. The van der Waals surface area contributed by atoms with Crippen molar-refractivity contribution < 1.29 is 24.1 Å². The Morgan fingerprint density at radius 2 is 1.95 bits per heavy atom. The van der Waals surface area contributed by atoms with E-state index in [1.807, 2.05) is 23.6 Å². The van der Waals surface area contributed by atoms with Crippen LogP contribution in [0.2, 0.25) is 5.02 Å². The summed E-state index contributed by atoms with van der Waals surface area (Å²) in [6, 6.07) is 15.5. The number of hydrogen-bond donors (Lipinski definition) is 2. The number of para-hydroxylation sites is 1. The molecule has 0 aliphatic carbocycles.